The third-order valence-electron chi connectivity index (χ3n) is 2.94. The first-order chi connectivity index (χ1) is 6.04. The number of nitrogens with one attached hydrogen (secondary N) is 1. The van der Waals surface area contributed by atoms with Crippen LogP contribution in [0.25, 0.3) is 0 Å². The van der Waals surface area contributed by atoms with E-state index < -0.39 is 10.3 Å². The Morgan fingerprint density at radius 2 is 2.15 bits per heavy atom. The van der Waals surface area contributed by atoms with E-state index in [2.05, 4.69) is 16.9 Å². The van der Waals surface area contributed by atoms with Crippen molar-refractivity contribution in [3.05, 3.63) is 12.2 Å². The van der Waals surface area contributed by atoms with Crippen molar-refractivity contribution in [2.75, 3.05) is 6.54 Å². The van der Waals surface area contributed by atoms with E-state index in [0.717, 1.165) is 12.8 Å². The molecule has 0 saturated heterocycles. The number of allylic oxidation sites excluding steroid dienone is 2. The molecule has 2 bridgehead atoms. The van der Waals surface area contributed by atoms with Crippen molar-refractivity contribution in [3.63, 3.8) is 0 Å². The summed E-state index contributed by atoms with van der Waals surface area (Å²) in [5, 5.41) is 0. The molecule has 4 nitrogen and oxygen atoms in total. The first-order valence-electron chi connectivity index (χ1n) is 4.45. The molecule has 1 fully saturated rings. The van der Waals surface area contributed by atoms with Crippen LogP contribution >= 0.6 is 0 Å². The van der Waals surface area contributed by atoms with E-state index in [-0.39, 0.29) is 0 Å². The molecule has 2 aliphatic carbocycles. The van der Waals surface area contributed by atoms with Crippen LogP contribution in [0.4, 0.5) is 0 Å². The molecule has 0 heterocycles. The number of rotatable bonds is 3. The van der Waals surface area contributed by atoms with Crippen molar-refractivity contribution in [3.8, 4) is 0 Å². The highest BCUT2D eigenvalue weighted by molar-refractivity contribution is 7.83. The summed E-state index contributed by atoms with van der Waals surface area (Å²) in [7, 11) is -4.00. The van der Waals surface area contributed by atoms with Gasteiger partial charge in [-0.25, -0.2) is 0 Å². The van der Waals surface area contributed by atoms with E-state index in [1.807, 2.05) is 0 Å². The zero-order valence-electron chi connectivity index (χ0n) is 7.18. The van der Waals surface area contributed by atoms with E-state index in [0.29, 0.717) is 24.3 Å². The predicted molar refractivity (Wildman–Crippen MR) is 48.4 cm³/mol. The third kappa shape index (κ3) is 2.10. The molecule has 0 aliphatic heterocycles. The van der Waals surface area contributed by atoms with Crippen molar-refractivity contribution >= 4 is 10.3 Å². The molecule has 0 aromatic heterocycles. The summed E-state index contributed by atoms with van der Waals surface area (Å²) in [5.74, 6) is 1.52. The van der Waals surface area contributed by atoms with Gasteiger partial charge in [0.15, 0.2) is 0 Å². The summed E-state index contributed by atoms with van der Waals surface area (Å²) >= 11 is 0. The van der Waals surface area contributed by atoms with Crippen molar-refractivity contribution < 1.29 is 13.0 Å². The van der Waals surface area contributed by atoms with Crippen LogP contribution in [0.3, 0.4) is 0 Å². The van der Waals surface area contributed by atoms with Crippen molar-refractivity contribution in [1.82, 2.24) is 4.72 Å². The molecule has 74 valence electrons. The molecular weight excluding hydrogens is 190 g/mol. The first kappa shape index (κ1) is 9.18. The lowest BCUT2D eigenvalue weighted by Gasteiger charge is -2.16. The summed E-state index contributed by atoms with van der Waals surface area (Å²) in [5.41, 5.74) is 0. The predicted octanol–water partition coefficient (Wildman–Crippen LogP) is 0.591. The topological polar surface area (TPSA) is 66.4 Å². The smallest absolute Gasteiger partial charge is 0.273 e. The maximum absolute atomic E-state index is 10.4. The highest BCUT2D eigenvalue weighted by atomic mass is 32.2. The van der Waals surface area contributed by atoms with Gasteiger partial charge in [-0.3, -0.25) is 4.55 Å². The van der Waals surface area contributed by atoms with Crippen LogP contribution in [0.2, 0.25) is 0 Å². The van der Waals surface area contributed by atoms with E-state index in [1.54, 1.807) is 0 Å². The molecule has 5 heteroatoms. The molecule has 13 heavy (non-hydrogen) atoms. The molecule has 3 atom stereocenters. The van der Waals surface area contributed by atoms with Crippen LogP contribution < -0.4 is 4.72 Å². The van der Waals surface area contributed by atoms with E-state index in [1.165, 1.54) is 0 Å². The van der Waals surface area contributed by atoms with Crippen molar-refractivity contribution in [2.24, 2.45) is 17.8 Å². The van der Waals surface area contributed by atoms with Gasteiger partial charge >= 0.3 is 10.3 Å². The minimum atomic E-state index is -4.00. The Balaban J connectivity index is 1.88. The van der Waals surface area contributed by atoms with Gasteiger partial charge in [0.25, 0.3) is 0 Å². The maximum Gasteiger partial charge on any atom is 0.333 e. The largest absolute Gasteiger partial charge is 0.333 e. The van der Waals surface area contributed by atoms with Gasteiger partial charge in [-0.05, 0) is 30.6 Å². The minimum Gasteiger partial charge on any atom is -0.273 e. The number of hydrogen-bond acceptors (Lipinski definition) is 2. The van der Waals surface area contributed by atoms with Crippen molar-refractivity contribution in [2.45, 2.75) is 12.8 Å². The van der Waals surface area contributed by atoms with Gasteiger partial charge in [-0.2, -0.15) is 13.1 Å². The molecule has 2 N–H and O–H groups in total. The fourth-order valence-electron chi connectivity index (χ4n) is 2.34. The summed E-state index contributed by atoms with van der Waals surface area (Å²) in [6, 6.07) is 0. The highest BCUT2D eigenvalue weighted by Crippen LogP contribution is 2.42. The maximum atomic E-state index is 10.4. The van der Waals surface area contributed by atoms with Crippen LogP contribution in [0.1, 0.15) is 12.8 Å². The molecule has 1 saturated carbocycles. The van der Waals surface area contributed by atoms with E-state index in [4.69, 9.17) is 4.55 Å². The Morgan fingerprint density at radius 3 is 2.62 bits per heavy atom. The Kier molecular flexibility index (Phi) is 2.17. The molecule has 0 amide bonds. The standard InChI is InChI=1S/C8H13NO3S/c10-13(11,12)9-5-8-4-6-1-2-7(8)3-6/h1-2,6-9H,3-5H2,(H,10,11,12)/t6-,7?,8?/m0/s1. The zero-order valence-corrected chi connectivity index (χ0v) is 8.00. The average molecular weight is 203 g/mol. The molecule has 0 aromatic carbocycles. The minimum absolute atomic E-state index is 0.365. The second-order valence-corrected chi connectivity index (χ2v) is 5.10. The molecule has 2 unspecified atom stereocenters. The van der Waals surface area contributed by atoms with Crippen LogP contribution in [0, 0.1) is 17.8 Å². The number of fused-ring (bicyclic) bond motifs is 2. The first-order valence-corrected chi connectivity index (χ1v) is 5.89. The lowest BCUT2D eigenvalue weighted by molar-refractivity contribution is 0.416. The Morgan fingerprint density at radius 1 is 1.38 bits per heavy atom. The second-order valence-electron chi connectivity index (χ2n) is 3.86. The Hall–Kier alpha value is -0.390. The molecule has 0 spiro atoms. The van der Waals surface area contributed by atoms with Crippen molar-refractivity contribution in [1.29, 1.82) is 0 Å². The van der Waals surface area contributed by atoms with E-state index in [9.17, 15) is 8.42 Å². The number of hydrogen-bond donors (Lipinski definition) is 2. The van der Waals surface area contributed by atoms with Crippen LogP contribution in [-0.4, -0.2) is 19.5 Å². The summed E-state index contributed by atoms with van der Waals surface area (Å²) in [6.07, 6.45) is 6.56. The van der Waals surface area contributed by atoms with Crippen LogP contribution in [0.15, 0.2) is 12.2 Å². The lowest BCUT2D eigenvalue weighted by Crippen LogP contribution is -2.30. The third-order valence-corrected chi connectivity index (χ3v) is 3.48. The Bertz CT molecular complexity index is 322. The quantitative estimate of drug-likeness (QED) is 0.521. The van der Waals surface area contributed by atoms with Gasteiger partial charge in [0.05, 0.1) is 0 Å². The fraction of sp³-hybridized carbons (Fsp3) is 0.750. The SMILES string of the molecule is O=S(=O)(O)NCC1C[C@H]2C=CC1C2. The summed E-state index contributed by atoms with van der Waals surface area (Å²) < 4.78 is 31.5. The lowest BCUT2D eigenvalue weighted by atomic mass is 9.94. The van der Waals surface area contributed by atoms with Crippen LogP contribution in [0.5, 0.6) is 0 Å². The molecule has 0 aromatic rings. The normalized spacial score (nSPS) is 37.2. The van der Waals surface area contributed by atoms with E-state index >= 15 is 0 Å². The Labute approximate surface area is 77.9 Å². The molecule has 2 aliphatic rings. The molecule has 0 radical (unpaired) electrons. The molecule has 2 rings (SSSR count). The second kappa shape index (κ2) is 3.08. The fourth-order valence-corrected chi connectivity index (χ4v) is 2.77. The van der Waals surface area contributed by atoms with Gasteiger partial charge < -0.3 is 0 Å². The van der Waals surface area contributed by atoms with Gasteiger partial charge in [-0.1, -0.05) is 12.2 Å². The zero-order chi connectivity index (χ0) is 9.47. The molecular formula is C8H13NO3S. The van der Waals surface area contributed by atoms with Gasteiger partial charge in [0.1, 0.15) is 0 Å². The monoisotopic (exact) mass is 203 g/mol. The summed E-state index contributed by atoms with van der Waals surface area (Å²) in [4.78, 5) is 0. The summed E-state index contributed by atoms with van der Waals surface area (Å²) in [6.45, 7) is 0.365. The van der Waals surface area contributed by atoms with Gasteiger partial charge in [0.2, 0.25) is 0 Å². The van der Waals surface area contributed by atoms with Crippen LogP contribution in [-0.2, 0) is 10.3 Å². The highest BCUT2D eigenvalue weighted by Gasteiger charge is 2.35. The average Bonchev–Trinajstić information content (AvgIpc) is 2.58. The van der Waals surface area contributed by atoms with Gasteiger partial charge in [0, 0.05) is 6.54 Å². The van der Waals surface area contributed by atoms with Gasteiger partial charge in [-0.15, -0.1) is 0 Å².